The molecule has 0 radical (unpaired) electrons. The van der Waals surface area contributed by atoms with Crippen molar-refractivity contribution in [1.82, 2.24) is 24.1 Å². The summed E-state index contributed by atoms with van der Waals surface area (Å²) in [6, 6.07) is 5.24. The van der Waals surface area contributed by atoms with Gasteiger partial charge in [0.25, 0.3) is 0 Å². The van der Waals surface area contributed by atoms with E-state index in [0.717, 1.165) is 36.5 Å². The molecule has 1 fully saturated rings. The van der Waals surface area contributed by atoms with Crippen LogP contribution in [-0.4, -0.2) is 45.6 Å². The average molecular weight is 436 g/mol. The smallest absolute Gasteiger partial charge is 0.243 e. The molecule has 3 heterocycles. The highest BCUT2D eigenvalue weighted by Gasteiger charge is 2.27. The second-order valence-corrected chi connectivity index (χ2v) is 10.4. The summed E-state index contributed by atoms with van der Waals surface area (Å²) in [5, 5.41) is 8.72. The Hall–Kier alpha value is -1.91. The molecule has 8 nitrogen and oxygen atoms in total. The zero-order valence-electron chi connectivity index (χ0n) is 16.8. The lowest BCUT2D eigenvalue weighted by Gasteiger charge is -2.25. The van der Waals surface area contributed by atoms with Gasteiger partial charge in [-0.2, -0.15) is 4.31 Å². The Morgan fingerprint density at radius 3 is 2.62 bits per heavy atom. The van der Waals surface area contributed by atoms with E-state index in [1.807, 2.05) is 19.9 Å². The van der Waals surface area contributed by atoms with Crippen LogP contribution < -0.4 is 0 Å². The molecule has 0 bridgehead atoms. The number of nitrogens with zero attached hydrogens (tertiary/aromatic N) is 5. The highest BCUT2D eigenvalue weighted by atomic mass is 32.2. The maximum absolute atomic E-state index is 13.0. The Kier molecular flexibility index (Phi) is 5.67. The van der Waals surface area contributed by atoms with Crippen molar-refractivity contribution in [2.75, 3.05) is 13.1 Å². The van der Waals surface area contributed by atoms with Crippen LogP contribution in [-0.2, 0) is 16.6 Å². The summed E-state index contributed by atoms with van der Waals surface area (Å²) < 4.78 is 35.2. The third-order valence-electron chi connectivity index (χ3n) is 5.13. The van der Waals surface area contributed by atoms with Crippen molar-refractivity contribution in [3.63, 3.8) is 0 Å². The Balaban J connectivity index is 1.67. The molecule has 0 aliphatic carbocycles. The van der Waals surface area contributed by atoms with E-state index < -0.39 is 10.0 Å². The Morgan fingerprint density at radius 2 is 1.97 bits per heavy atom. The molecule has 1 aliphatic rings. The quantitative estimate of drug-likeness (QED) is 0.544. The summed E-state index contributed by atoms with van der Waals surface area (Å²) in [6.45, 7) is 7.71. The van der Waals surface area contributed by atoms with Gasteiger partial charge in [0.1, 0.15) is 0 Å². The van der Waals surface area contributed by atoms with Gasteiger partial charge in [-0.1, -0.05) is 18.2 Å². The van der Waals surface area contributed by atoms with E-state index in [9.17, 15) is 8.42 Å². The molecule has 29 heavy (non-hydrogen) atoms. The Labute approximate surface area is 174 Å². The number of hydrogen-bond acceptors (Lipinski definition) is 7. The lowest BCUT2D eigenvalue weighted by atomic mass is 10.2. The highest BCUT2D eigenvalue weighted by Crippen LogP contribution is 2.36. The lowest BCUT2D eigenvalue weighted by Crippen LogP contribution is -2.35. The maximum Gasteiger partial charge on any atom is 0.243 e. The van der Waals surface area contributed by atoms with Gasteiger partial charge in [-0.05, 0) is 44.9 Å². The molecule has 0 amide bonds. The SMILES string of the molecule is CCn1c(SC(C)c2nnc(C)o2)nc2cc(S(=O)(=O)N3CCCCC3)ccc21. The second kappa shape index (κ2) is 8.08. The summed E-state index contributed by atoms with van der Waals surface area (Å²) in [4.78, 5) is 5.04. The zero-order valence-corrected chi connectivity index (χ0v) is 18.5. The predicted octanol–water partition coefficient (Wildman–Crippen LogP) is 3.78. The molecule has 0 saturated carbocycles. The predicted molar refractivity (Wildman–Crippen MR) is 111 cm³/mol. The molecule has 3 aromatic rings. The standard InChI is InChI=1S/C19H25N5O3S2/c1-4-24-17-9-8-15(29(25,26)23-10-6-5-7-11-23)12-16(17)20-19(24)28-13(2)18-22-21-14(3)27-18/h8-9,12-13H,4-7,10-11H2,1-3H3. The summed E-state index contributed by atoms with van der Waals surface area (Å²) in [7, 11) is -3.48. The molecular weight excluding hydrogens is 410 g/mol. The minimum atomic E-state index is -3.48. The molecule has 0 N–H and O–H groups in total. The zero-order chi connectivity index (χ0) is 20.6. The molecule has 156 valence electrons. The lowest BCUT2D eigenvalue weighted by molar-refractivity contribution is 0.346. The van der Waals surface area contributed by atoms with Gasteiger partial charge < -0.3 is 8.98 Å². The monoisotopic (exact) mass is 435 g/mol. The molecule has 1 atom stereocenters. The largest absolute Gasteiger partial charge is 0.424 e. The number of thioether (sulfide) groups is 1. The van der Waals surface area contributed by atoms with Crippen LogP contribution in [0.25, 0.3) is 11.0 Å². The summed E-state index contributed by atoms with van der Waals surface area (Å²) in [5.74, 6) is 1.08. The van der Waals surface area contributed by atoms with E-state index in [-0.39, 0.29) is 5.25 Å². The number of rotatable bonds is 6. The van der Waals surface area contributed by atoms with E-state index in [0.29, 0.717) is 35.3 Å². The van der Waals surface area contributed by atoms with E-state index >= 15 is 0 Å². The van der Waals surface area contributed by atoms with Crippen LogP contribution in [0, 0.1) is 6.92 Å². The first-order valence-electron chi connectivity index (χ1n) is 9.87. The molecule has 0 spiro atoms. The van der Waals surface area contributed by atoms with E-state index in [1.54, 1.807) is 23.4 Å². The van der Waals surface area contributed by atoms with Gasteiger partial charge in [-0.25, -0.2) is 13.4 Å². The number of aromatic nitrogens is 4. The molecule has 1 aliphatic heterocycles. The number of piperidine rings is 1. The van der Waals surface area contributed by atoms with Crippen LogP contribution in [0.15, 0.2) is 32.7 Å². The Morgan fingerprint density at radius 1 is 1.21 bits per heavy atom. The minimum Gasteiger partial charge on any atom is -0.424 e. The number of imidazole rings is 1. The molecule has 1 unspecified atom stereocenters. The van der Waals surface area contributed by atoms with E-state index in [2.05, 4.69) is 14.8 Å². The fourth-order valence-corrected chi connectivity index (χ4v) is 6.14. The fraction of sp³-hybridized carbons (Fsp3) is 0.526. The number of benzene rings is 1. The van der Waals surface area contributed by atoms with E-state index in [1.165, 1.54) is 11.8 Å². The average Bonchev–Trinajstić information content (AvgIpc) is 3.30. The number of fused-ring (bicyclic) bond motifs is 1. The first-order chi connectivity index (χ1) is 13.9. The van der Waals surface area contributed by atoms with Gasteiger partial charge in [0.2, 0.25) is 21.8 Å². The minimum absolute atomic E-state index is 0.0603. The van der Waals surface area contributed by atoms with Crippen LogP contribution in [0.4, 0.5) is 0 Å². The van der Waals surface area contributed by atoms with Crippen molar-refractivity contribution < 1.29 is 12.8 Å². The van der Waals surface area contributed by atoms with Crippen LogP contribution in [0.5, 0.6) is 0 Å². The molecular formula is C19H25N5O3S2. The highest BCUT2D eigenvalue weighted by molar-refractivity contribution is 7.99. The third kappa shape index (κ3) is 3.93. The van der Waals surface area contributed by atoms with Gasteiger partial charge in [0.15, 0.2) is 5.16 Å². The third-order valence-corrected chi connectivity index (χ3v) is 8.10. The molecule has 1 aromatic carbocycles. The van der Waals surface area contributed by atoms with Crippen LogP contribution >= 0.6 is 11.8 Å². The number of aryl methyl sites for hydroxylation is 2. The van der Waals surface area contributed by atoms with E-state index in [4.69, 9.17) is 9.40 Å². The van der Waals surface area contributed by atoms with Crippen molar-refractivity contribution in [3.05, 3.63) is 30.0 Å². The van der Waals surface area contributed by atoms with Gasteiger partial charge in [-0.15, -0.1) is 10.2 Å². The number of hydrogen-bond donors (Lipinski definition) is 0. The van der Waals surface area contributed by atoms with Gasteiger partial charge in [0.05, 0.1) is 21.2 Å². The van der Waals surface area contributed by atoms with Crippen LogP contribution in [0.1, 0.15) is 50.1 Å². The van der Waals surface area contributed by atoms with Crippen molar-refractivity contribution in [3.8, 4) is 0 Å². The van der Waals surface area contributed by atoms with Crippen LogP contribution in [0.3, 0.4) is 0 Å². The summed E-state index contributed by atoms with van der Waals surface area (Å²) in [5.41, 5.74) is 1.60. The first kappa shape index (κ1) is 20.4. The topological polar surface area (TPSA) is 94.1 Å². The molecule has 1 saturated heterocycles. The second-order valence-electron chi connectivity index (χ2n) is 7.17. The summed E-state index contributed by atoms with van der Waals surface area (Å²) >= 11 is 1.52. The van der Waals surface area contributed by atoms with Gasteiger partial charge >= 0.3 is 0 Å². The van der Waals surface area contributed by atoms with Gasteiger partial charge in [0, 0.05) is 26.6 Å². The van der Waals surface area contributed by atoms with Crippen molar-refractivity contribution in [2.45, 2.75) is 61.9 Å². The normalized spacial score (nSPS) is 17.1. The van der Waals surface area contributed by atoms with Crippen LogP contribution in [0.2, 0.25) is 0 Å². The molecule has 4 rings (SSSR count). The maximum atomic E-state index is 13.0. The molecule has 10 heteroatoms. The number of sulfonamides is 1. The summed E-state index contributed by atoms with van der Waals surface area (Å²) in [6.07, 6.45) is 2.92. The molecule has 2 aromatic heterocycles. The van der Waals surface area contributed by atoms with Gasteiger partial charge in [-0.3, -0.25) is 0 Å². The van der Waals surface area contributed by atoms with Crippen molar-refractivity contribution in [2.24, 2.45) is 0 Å². The fourth-order valence-electron chi connectivity index (χ4n) is 3.58. The van der Waals surface area contributed by atoms with Crippen molar-refractivity contribution >= 4 is 32.8 Å². The Bertz CT molecular complexity index is 1120. The first-order valence-corrected chi connectivity index (χ1v) is 12.2. The van der Waals surface area contributed by atoms with Crippen molar-refractivity contribution in [1.29, 1.82) is 0 Å².